The third kappa shape index (κ3) is 7.49. The summed E-state index contributed by atoms with van der Waals surface area (Å²) in [6.07, 6.45) is 0. The van der Waals surface area contributed by atoms with Crippen LogP contribution in [-0.2, 0) is 5.41 Å². The number of para-hydroxylation sites is 3. The van der Waals surface area contributed by atoms with E-state index in [2.05, 4.69) is 325 Å². The van der Waals surface area contributed by atoms with Crippen molar-refractivity contribution in [2.45, 2.75) is 5.41 Å². The molecule has 0 amide bonds. The van der Waals surface area contributed by atoms with E-state index in [0.717, 1.165) is 5.69 Å². The molecule has 16 rings (SSSR count). The number of benzene rings is 13. The highest BCUT2D eigenvalue weighted by molar-refractivity contribution is 6.13. The first-order valence-electron chi connectivity index (χ1n) is 28.1. The Bertz CT molecular complexity index is 4820. The molecule has 2 aromatic heterocycles. The fraction of sp³-hybridized carbons (Fsp3) is 0.0127. The summed E-state index contributed by atoms with van der Waals surface area (Å²) in [5.74, 6) is 0. The van der Waals surface area contributed by atoms with Crippen LogP contribution in [0.15, 0.2) is 315 Å². The molecule has 0 saturated carbocycles. The number of hydrogen-bond acceptors (Lipinski definition) is 0. The Balaban J connectivity index is 0.714. The SMILES string of the molecule is c1ccc(-c2ccc(-c3ccc(C4(c5cccc(-c6ccc(-c7ccc(-n8c9ccccc9c9cc(-c%10ccc%11c(c%10)c%10ccccc%10n%11-c%10ccccc%10)ccc98)cc7)cc6)c5)c5ccccc5-c5ccccc54)cc3)cc2)cc1. The molecular weight excluding hydrogens is 977 g/mol. The van der Waals surface area contributed by atoms with Crippen molar-refractivity contribution in [3.63, 3.8) is 0 Å². The summed E-state index contributed by atoms with van der Waals surface area (Å²) in [7, 11) is 0. The molecule has 1 aliphatic rings. The van der Waals surface area contributed by atoms with Crippen molar-refractivity contribution < 1.29 is 0 Å². The van der Waals surface area contributed by atoms with Gasteiger partial charge in [0.2, 0.25) is 0 Å². The summed E-state index contributed by atoms with van der Waals surface area (Å²) in [6, 6.07) is 116. The normalized spacial score (nSPS) is 12.5. The van der Waals surface area contributed by atoms with Crippen LogP contribution in [0.25, 0.3) is 122 Å². The molecule has 81 heavy (non-hydrogen) atoms. The van der Waals surface area contributed by atoms with E-state index in [4.69, 9.17) is 0 Å². The number of rotatable bonds is 9. The zero-order valence-electron chi connectivity index (χ0n) is 44.4. The highest BCUT2D eigenvalue weighted by atomic mass is 15.0. The zero-order chi connectivity index (χ0) is 53.4. The fourth-order valence-corrected chi connectivity index (χ4v) is 13.5. The number of aromatic nitrogens is 2. The van der Waals surface area contributed by atoms with Crippen molar-refractivity contribution in [1.82, 2.24) is 9.13 Å². The maximum absolute atomic E-state index is 2.43. The van der Waals surface area contributed by atoms with Crippen LogP contribution in [0.5, 0.6) is 0 Å². The van der Waals surface area contributed by atoms with Crippen molar-refractivity contribution in [3.05, 3.63) is 338 Å². The van der Waals surface area contributed by atoms with Gasteiger partial charge in [0.1, 0.15) is 0 Å². The maximum Gasteiger partial charge on any atom is 0.0713 e. The maximum atomic E-state index is 2.43. The standard InChI is InChI=1S/C79H52N2/c1-3-16-53(17-4-1)54-30-32-55(33-31-54)57-38-44-63(45-39-57)79(73-26-11-7-22-67(73)68-23-8-12-27-74(68)79)64-19-15-18-60(50-64)59-36-34-56(35-37-59)58-40-46-66(47-41-58)81-76-29-14-10-25-70(76)72-52-62(43-49-78(72)81)61-42-48-77-71(51-61)69-24-9-13-28-75(69)80(77)65-20-5-2-6-21-65/h1-52H. The van der Waals surface area contributed by atoms with Gasteiger partial charge in [-0.3, -0.25) is 0 Å². The lowest BCUT2D eigenvalue weighted by Gasteiger charge is -2.34. The van der Waals surface area contributed by atoms with Crippen molar-refractivity contribution in [2.24, 2.45) is 0 Å². The molecular formula is C79H52N2. The van der Waals surface area contributed by atoms with Gasteiger partial charge in [0.05, 0.1) is 27.5 Å². The van der Waals surface area contributed by atoms with Gasteiger partial charge in [-0.25, -0.2) is 0 Å². The first-order valence-corrected chi connectivity index (χ1v) is 28.1. The van der Waals surface area contributed by atoms with E-state index < -0.39 is 5.41 Å². The summed E-state index contributed by atoms with van der Waals surface area (Å²) in [6.45, 7) is 0. The van der Waals surface area contributed by atoms with Crippen LogP contribution in [0.4, 0.5) is 0 Å². The predicted octanol–water partition coefficient (Wildman–Crippen LogP) is 20.6. The molecule has 0 saturated heterocycles. The van der Waals surface area contributed by atoms with E-state index in [9.17, 15) is 0 Å². The van der Waals surface area contributed by atoms with Crippen LogP contribution < -0.4 is 0 Å². The smallest absolute Gasteiger partial charge is 0.0713 e. The van der Waals surface area contributed by atoms with E-state index in [1.807, 2.05) is 0 Å². The Morgan fingerprint density at radius 2 is 0.543 bits per heavy atom. The second-order valence-electron chi connectivity index (χ2n) is 21.6. The predicted molar refractivity (Wildman–Crippen MR) is 340 cm³/mol. The minimum atomic E-state index is -0.513. The molecule has 2 heterocycles. The van der Waals surface area contributed by atoms with E-state index in [1.54, 1.807) is 0 Å². The molecule has 2 nitrogen and oxygen atoms in total. The lowest BCUT2D eigenvalue weighted by molar-refractivity contribution is 0.769. The molecule has 15 aromatic rings. The molecule has 0 unspecified atom stereocenters. The van der Waals surface area contributed by atoms with Crippen molar-refractivity contribution in [1.29, 1.82) is 0 Å². The van der Waals surface area contributed by atoms with Crippen LogP contribution >= 0.6 is 0 Å². The third-order valence-electron chi connectivity index (χ3n) is 17.3. The fourth-order valence-electron chi connectivity index (χ4n) is 13.5. The minimum absolute atomic E-state index is 0.513. The first kappa shape index (κ1) is 46.5. The largest absolute Gasteiger partial charge is 0.309 e. The Morgan fingerprint density at radius 3 is 1.06 bits per heavy atom. The number of fused-ring (bicyclic) bond motifs is 9. The summed E-state index contributed by atoms with van der Waals surface area (Å²) < 4.78 is 4.79. The second-order valence-corrected chi connectivity index (χ2v) is 21.6. The Morgan fingerprint density at radius 1 is 0.198 bits per heavy atom. The molecule has 0 N–H and O–H groups in total. The average Bonchev–Trinajstić information content (AvgIpc) is 4.18. The monoisotopic (exact) mass is 1030 g/mol. The first-order chi connectivity index (χ1) is 40.2. The Kier molecular flexibility index (Phi) is 10.8. The van der Waals surface area contributed by atoms with Gasteiger partial charge in [0.25, 0.3) is 0 Å². The third-order valence-corrected chi connectivity index (χ3v) is 17.3. The molecule has 13 aromatic carbocycles. The van der Waals surface area contributed by atoms with Crippen molar-refractivity contribution in [2.75, 3.05) is 0 Å². The average molecular weight is 1030 g/mol. The van der Waals surface area contributed by atoms with Gasteiger partial charge in [0.15, 0.2) is 0 Å². The van der Waals surface area contributed by atoms with E-state index in [1.165, 1.54) is 138 Å². The van der Waals surface area contributed by atoms with Gasteiger partial charge in [0, 0.05) is 32.9 Å². The van der Waals surface area contributed by atoms with E-state index in [0.29, 0.717) is 0 Å². The summed E-state index contributed by atoms with van der Waals surface area (Å²) in [5.41, 5.74) is 26.3. The van der Waals surface area contributed by atoms with Crippen LogP contribution in [0, 0.1) is 0 Å². The molecule has 2 heteroatoms. The van der Waals surface area contributed by atoms with Crippen LogP contribution in [0.1, 0.15) is 22.3 Å². The molecule has 0 aliphatic heterocycles. The number of hydrogen-bond donors (Lipinski definition) is 0. The van der Waals surface area contributed by atoms with Crippen LogP contribution in [0.3, 0.4) is 0 Å². The topological polar surface area (TPSA) is 9.86 Å². The highest BCUT2D eigenvalue weighted by Gasteiger charge is 2.46. The zero-order valence-corrected chi connectivity index (χ0v) is 44.4. The molecule has 1 aliphatic carbocycles. The molecule has 0 fully saturated rings. The molecule has 378 valence electrons. The minimum Gasteiger partial charge on any atom is -0.309 e. The summed E-state index contributed by atoms with van der Waals surface area (Å²) in [5, 5.41) is 4.99. The Hall–Kier alpha value is -10.5. The van der Waals surface area contributed by atoms with Crippen LogP contribution in [-0.4, -0.2) is 9.13 Å². The molecule has 0 atom stereocenters. The van der Waals surface area contributed by atoms with Gasteiger partial charge >= 0.3 is 0 Å². The van der Waals surface area contributed by atoms with Gasteiger partial charge in [-0.2, -0.15) is 0 Å². The van der Waals surface area contributed by atoms with E-state index in [-0.39, 0.29) is 0 Å². The van der Waals surface area contributed by atoms with Gasteiger partial charge < -0.3 is 9.13 Å². The summed E-state index contributed by atoms with van der Waals surface area (Å²) in [4.78, 5) is 0. The van der Waals surface area contributed by atoms with Crippen LogP contribution in [0.2, 0.25) is 0 Å². The highest BCUT2D eigenvalue weighted by Crippen LogP contribution is 2.56. The Labute approximate surface area is 471 Å². The van der Waals surface area contributed by atoms with Gasteiger partial charge in [-0.1, -0.05) is 249 Å². The second kappa shape index (κ2) is 18.8. The lowest BCUT2D eigenvalue weighted by atomic mass is 9.67. The van der Waals surface area contributed by atoms with Crippen molar-refractivity contribution >= 4 is 43.6 Å². The van der Waals surface area contributed by atoms with Crippen molar-refractivity contribution in [3.8, 4) is 78.1 Å². The van der Waals surface area contributed by atoms with Gasteiger partial charge in [-0.05, 0) is 156 Å². The molecule has 0 spiro atoms. The quantitative estimate of drug-likeness (QED) is 0.136. The number of nitrogens with zero attached hydrogens (tertiary/aromatic N) is 2. The molecule has 0 radical (unpaired) electrons. The molecule has 0 bridgehead atoms. The lowest BCUT2D eigenvalue weighted by Crippen LogP contribution is -2.28. The summed E-state index contributed by atoms with van der Waals surface area (Å²) >= 11 is 0. The van der Waals surface area contributed by atoms with E-state index >= 15 is 0 Å². The van der Waals surface area contributed by atoms with Gasteiger partial charge in [-0.15, -0.1) is 0 Å².